The molecule has 2 rings (SSSR count). The smallest absolute Gasteiger partial charge is 0.236 e. The molecule has 6 heteroatoms. The lowest BCUT2D eigenvalue weighted by Gasteiger charge is -2.29. The molecule has 0 atom stereocenters. The zero-order valence-electron chi connectivity index (χ0n) is 15.5. The van der Waals surface area contributed by atoms with Crippen LogP contribution >= 0.6 is 11.6 Å². The van der Waals surface area contributed by atoms with Crippen LogP contribution in [0.4, 0.5) is 4.39 Å². The molecule has 0 saturated heterocycles. The molecule has 0 unspecified atom stereocenters. The fraction of sp³-hybridized carbons (Fsp3) is 0.350. The number of methoxy groups -OCH3 is 1. The normalized spacial score (nSPS) is 11.3. The lowest BCUT2D eigenvalue weighted by molar-refractivity contribution is -0.129. The minimum Gasteiger partial charge on any atom is -0.496 e. The first-order chi connectivity index (χ1) is 12.2. The van der Waals surface area contributed by atoms with Gasteiger partial charge in [0.15, 0.2) is 0 Å². The Hall–Kier alpha value is -2.11. The van der Waals surface area contributed by atoms with E-state index in [9.17, 15) is 9.18 Å². The Kier molecular flexibility index (Phi) is 6.62. The second-order valence-electron chi connectivity index (χ2n) is 6.66. The third kappa shape index (κ3) is 4.96. The summed E-state index contributed by atoms with van der Waals surface area (Å²) in [6.45, 7) is 4.38. The molecule has 0 fully saturated rings. The van der Waals surface area contributed by atoms with Gasteiger partial charge in [-0.2, -0.15) is 0 Å². The Labute approximate surface area is 158 Å². The van der Waals surface area contributed by atoms with E-state index >= 15 is 0 Å². The summed E-state index contributed by atoms with van der Waals surface area (Å²) in [4.78, 5) is 14.1. The van der Waals surface area contributed by atoms with E-state index < -0.39 is 5.54 Å². The number of rotatable bonds is 7. The Bertz CT molecular complexity index is 780. The molecule has 2 aromatic rings. The molecule has 0 spiro atoms. The molecule has 1 amide bonds. The Morgan fingerprint density at radius 3 is 2.62 bits per heavy atom. The van der Waals surface area contributed by atoms with E-state index in [0.29, 0.717) is 11.6 Å². The number of ether oxygens (including phenoxy) is 1. The summed E-state index contributed by atoms with van der Waals surface area (Å²) >= 11 is 6.14. The number of nitrogens with one attached hydrogen (secondary N) is 1. The van der Waals surface area contributed by atoms with Crippen LogP contribution in [0.25, 0.3) is 0 Å². The number of amides is 1. The summed E-state index contributed by atoms with van der Waals surface area (Å²) in [6.07, 6.45) is 0. The average Bonchev–Trinajstić information content (AvgIpc) is 2.59. The van der Waals surface area contributed by atoms with Gasteiger partial charge in [0.25, 0.3) is 0 Å². The molecule has 0 aliphatic heterocycles. The molecule has 0 heterocycles. The maximum Gasteiger partial charge on any atom is 0.236 e. The van der Waals surface area contributed by atoms with Crippen molar-refractivity contribution in [3.63, 3.8) is 0 Å². The molecule has 0 bridgehead atoms. The summed E-state index contributed by atoms with van der Waals surface area (Å²) in [5.41, 5.74) is 1.10. The Morgan fingerprint density at radius 2 is 1.96 bits per heavy atom. The third-order valence-electron chi connectivity index (χ3n) is 4.31. The third-order valence-corrected chi connectivity index (χ3v) is 4.62. The van der Waals surface area contributed by atoms with Gasteiger partial charge in [0, 0.05) is 29.7 Å². The second kappa shape index (κ2) is 8.52. The monoisotopic (exact) mass is 378 g/mol. The van der Waals surface area contributed by atoms with Gasteiger partial charge in [-0.3, -0.25) is 10.1 Å². The predicted octanol–water partition coefficient (Wildman–Crippen LogP) is 3.97. The van der Waals surface area contributed by atoms with Crippen molar-refractivity contribution in [2.24, 2.45) is 0 Å². The zero-order chi connectivity index (χ0) is 19.3. The van der Waals surface area contributed by atoms with Crippen molar-refractivity contribution in [3.8, 4) is 5.75 Å². The van der Waals surface area contributed by atoms with Crippen LogP contribution in [0, 0.1) is 5.82 Å². The van der Waals surface area contributed by atoms with E-state index in [2.05, 4.69) is 5.32 Å². The SMILES string of the molecule is COc1ccccc1CN(C)C(=O)CNC(C)(C)c1ccc(F)cc1Cl. The van der Waals surface area contributed by atoms with Crippen molar-refractivity contribution in [3.05, 3.63) is 64.4 Å². The molecular formula is C20H24ClFN2O2. The number of nitrogens with zero attached hydrogens (tertiary/aromatic N) is 1. The van der Waals surface area contributed by atoms with Gasteiger partial charge in [0.1, 0.15) is 11.6 Å². The number of hydrogen-bond acceptors (Lipinski definition) is 3. The van der Waals surface area contributed by atoms with Gasteiger partial charge in [0.2, 0.25) is 5.91 Å². The maximum absolute atomic E-state index is 13.2. The molecule has 0 aliphatic rings. The summed E-state index contributed by atoms with van der Waals surface area (Å²) in [6, 6.07) is 11.9. The van der Waals surface area contributed by atoms with Crippen LogP contribution in [0.5, 0.6) is 5.75 Å². The molecular weight excluding hydrogens is 355 g/mol. The number of benzene rings is 2. The highest BCUT2D eigenvalue weighted by atomic mass is 35.5. The van der Waals surface area contributed by atoms with Gasteiger partial charge in [0.05, 0.1) is 13.7 Å². The van der Waals surface area contributed by atoms with Crippen LogP contribution < -0.4 is 10.1 Å². The first-order valence-electron chi connectivity index (χ1n) is 8.31. The minimum absolute atomic E-state index is 0.0674. The molecule has 1 N–H and O–H groups in total. The van der Waals surface area contributed by atoms with Crippen LogP contribution in [-0.2, 0) is 16.9 Å². The van der Waals surface area contributed by atoms with E-state index in [1.807, 2.05) is 38.1 Å². The van der Waals surface area contributed by atoms with Crippen molar-refractivity contribution >= 4 is 17.5 Å². The average molecular weight is 379 g/mol. The molecule has 0 aliphatic carbocycles. The molecule has 0 aromatic heterocycles. The van der Waals surface area contributed by atoms with Crippen molar-refractivity contribution in [1.82, 2.24) is 10.2 Å². The second-order valence-corrected chi connectivity index (χ2v) is 7.07. The van der Waals surface area contributed by atoms with Crippen molar-refractivity contribution in [2.45, 2.75) is 25.9 Å². The van der Waals surface area contributed by atoms with Crippen molar-refractivity contribution < 1.29 is 13.9 Å². The summed E-state index contributed by atoms with van der Waals surface area (Å²) in [7, 11) is 3.35. The molecule has 26 heavy (non-hydrogen) atoms. The quantitative estimate of drug-likeness (QED) is 0.792. The molecule has 0 radical (unpaired) electrons. The first kappa shape index (κ1) is 20.2. The summed E-state index contributed by atoms with van der Waals surface area (Å²) < 4.78 is 18.6. The minimum atomic E-state index is -0.578. The van der Waals surface area contributed by atoms with E-state index in [0.717, 1.165) is 16.9 Å². The van der Waals surface area contributed by atoms with E-state index in [1.54, 1.807) is 25.1 Å². The molecule has 2 aromatic carbocycles. The summed E-state index contributed by atoms with van der Waals surface area (Å²) in [5.74, 6) is 0.294. The highest BCUT2D eigenvalue weighted by Crippen LogP contribution is 2.28. The van der Waals surface area contributed by atoms with Crippen LogP contribution in [0.3, 0.4) is 0 Å². The van der Waals surface area contributed by atoms with Crippen LogP contribution in [0.15, 0.2) is 42.5 Å². The lowest BCUT2D eigenvalue weighted by Crippen LogP contribution is -2.44. The standard InChI is InChI=1S/C20H24ClFN2O2/c1-20(2,16-10-9-15(22)11-17(16)21)23-12-19(25)24(3)13-14-7-5-6-8-18(14)26-4/h5-11,23H,12-13H2,1-4H3. The van der Waals surface area contributed by atoms with Crippen LogP contribution in [0.1, 0.15) is 25.0 Å². The van der Waals surface area contributed by atoms with E-state index in [1.165, 1.54) is 12.1 Å². The number of halogens is 2. The molecule has 4 nitrogen and oxygen atoms in total. The van der Waals surface area contributed by atoms with Gasteiger partial charge in [-0.15, -0.1) is 0 Å². The van der Waals surface area contributed by atoms with Gasteiger partial charge in [-0.25, -0.2) is 4.39 Å². The number of para-hydroxylation sites is 1. The van der Waals surface area contributed by atoms with Crippen LogP contribution in [0.2, 0.25) is 5.02 Å². The molecule has 140 valence electrons. The number of carbonyl (C=O) groups excluding carboxylic acids is 1. The number of hydrogen-bond donors (Lipinski definition) is 1. The highest BCUT2D eigenvalue weighted by molar-refractivity contribution is 6.31. The lowest BCUT2D eigenvalue weighted by atomic mass is 9.94. The molecule has 0 saturated carbocycles. The van der Waals surface area contributed by atoms with Gasteiger partial charge in [-0.1, -0.05) is 35.9 Å². The maximum atomic E-state index is 13.2. The largest absolute Gasteiger partial charge is 0.496 e. The van der Waals surface area contributed by atoms with E-state index in [-0.39, 0.29) is 18.3 Å². The fourth-order valence-electron chi connectivity index (χ4n) is 2.70. The van der Waals surface area contributed by atoms with Crippen molar-refractivity contribution in [2.75, 3.05) is 20.7 Å². The van der Waals surface area contributed by atoms with E-state index in [4.69, 9.17) is 16.3 Å². The van der Waals surface area contributed by atoms with Gasteiger partial charge < -0.3 is 9.64 Å². The number of carbonyl (C=O) groups is 1. The Morgan fingerprint density at radius 1 is 1.27 bits per heavy atom. The predicted molar refractivity (Wildman–Crippen MR) is 102 cm³/mol. The number of likely N-dealkylation sites (N-methyl/N-ethyl adjacent to an activating group) is 1. The van der Waals surface area contributed by atoms with Crippen LogP contribution in [-0.4, -0.2) is 31.5 Å². The van der Waals surface area contributed by atoms with Crippen molar-refractivity contribution in [1.29, 1.82) is 0 Å². The topological polar surface area (TPSA) is 41.6 Å². The van der Waals surface area contributed by atoms with Gasteiger partial charge >= 0.3 is 0 Å². The Balaban J connectivity index is 2.00. The first-order valence-corrected chi connectivity index (χ1v) is 8.69. The highest BCUT2D eigenvalue weighted by Gasteiger charge is 2.24. The van der Waals surface area contributed by atoms with Gasteiger partial charge in [-0.05, 0) is 37.6 Å². The summed E-state index contributed by atoms with van der Waals surface area (Å²) in [5, 5.41) is 3.53. The fourth-order valence-corrected chi connectivity index (χ4v) is 3.10. The zero-order valence-corrected chi connectivity index (χ0v) is 16.2.